The van der Waals surface area contributed by atoms with Gasteiger partial charge >= 0.3 is 7.59 Å². The van der Waals surface area contributed by atoms with E-state index in [4.69, 9.17) is 18.0 Å². The summed E-state index contributed by atoms with van der Waals surface area (Å²) in [6, 6.07) is 0. The number of hydrogen-bond acceptors (Lipinski definition) is 3. The summed E-state index contributed by atoms with van der Waals surface area (Å²) in [6.07, 6.45) is 32.2. The molecule has 0 fully saturated rings. The molecule has 0 unspecified atom stereocenters. The first kappa shape index (κ1) is 32.6. The van der Waals surface area contributed by atoms with Gasteiger partial charge in [-0.15, -0.1) is 24.7 Å². The third-order valence-corrected chi connectivity index (χ3v) is 7.01. The van der Waals surface area contributed by atoms with Crippen molar-refractivity contribution in [3.8, 4) is 24.7 Å². The molecule has 0 radical (unpaired) electrons. The summed E-state index contributed by atoms with van der Waals surface area (Å²) >= 11 is 0. The van der Waals surface area contributed by atoms with Crippen LogP contribution in [0.4, 0.5) is 0 Å². The van der Waals surface area contributed by atoms with Gasteiger partial charge in [-0.3, -0.25) is 4.57 Å². The Kier molecular flexibility index (Phi) is 25.1. The average molecular weight is 493 g/mol. The van der Waals surface area contributed by atoms with Gasteiger partial charge < -0.3 is 10.4 Å². The monoisotopic (exact) mass is 492 g/mol. The summed E-state index contributed by atoms with van der Waals surface area (Å²) in [4.78, 5) is 0. The van der Waals surface area contributed by atoms with Crippen molar-refractivity contribution in [2.24, 2.45) is 9.53 Å². The first-order valence-corrected chi connectivity index (χ1v) is 14.9. The molecule has 0 aromatic rings. The van der Waals surface area contributed by atoms with Crippen molar-refractivity contribution in [2.75, 3.05) is 26.2 Å². The average Bonchev–Trinajstić information content (AvgIpc) is 2.84. The van der Waals surface area contributed by atoms with Crippen LogP contribution in [-0.2, 0) is 4.57 Å². The molecule has 0 saturated heterocycles. The molecular weight excluding hydrogens is 443 g/mol. The number of terminal acetylenes is 2. The Morgan fingerprint density at radius 1 is 0.676 bits per heavy atom. The van der Waals surface area contributed by atoms with Gasteiger partial charge in [0.1, 0.15) is 0 Å². The second-order valence-electron chi connectivity index (χ2n) is 8.60. The molecule has 3 N–H and O–H groups in total. The van der Waals surface area contributed by atoms with Gasteiger partial charge in [-0.1, -0.05) is 51.4 Å². The quantitative estimate of drug-likeness (QED) is 0.0604. The normalized spacial score (nSPS) is 13.3. The van der Waals surface area contributed by atoms with Gasteiger partial charge in [-0.05, 0) is 51.5 Å². The highest BCUT2D eigenvalue weighted by Crippen LogP contribution is 2.43. The lowest BCUT2D eigenvalue weighted by molar-refractivity contribution is 0.292. The molecule has 0 amide bonds. The molecule has 194 valence electrons. The summed E-state index contributed by atoms with van der Waals surface area (Å²) < 4.78 is 21.9. The number of rotatable bonds is 25. The van der Waals surface area contributed by atoms with Crippen LogP contribution in [0, 0.1) is 24.7 Å². The van der Waals surface area contributed by atoms with E-state index >= 15 is 0 Å². The lowest BCUT2D eigenvalue weighted by Gasteiger charge is -2.10. The van der Waals surface area contributed by atoms with Crippen LogP contribution in [-0.4, -0.2) is 43.8 Å². The van der Waals surface area contributed by atoms with E-state index in [1.807, 2.05) is 0 Å². The molecule has 7 heteroatoms. The fraction of sp³-hybridized carbons (Fsp3) is 0.778. The predicted octanol–water partition coefficient (Wildman–Crippen LogP) is 6.31. The SMILES string of the molecule is C#CCCCCCCCCC=NP(=O)(N=CCCCCCCCCC#C)NCCCNCCO. The molecule has 0 bridgehead atoms. The van der Waals surface area contributed by atoms with E-state index in [1.54, 1.807) is 12.4 Å². The van der Waals surface area contributed by atoms with Gasteiger partial charge in [0, 0.05) is 38.4 Å². The van der Waals surface area contributed by atoms with Crippen molar-refractivity contribution in [2.45, 2.75) is 109 Å². The highest BCUT2D eigenvalue weighted by Gasteiger charge is 2.16. The number of nitrogens with one attached hydrogen (secondary N) is 2. The van der Waals surface area contributed by atoms with Crippen molar-refractivity contribution < 1.29 is 9.67 Å². The summed E-state index contributed by atoms with van der Waals surface area (Å²) in [5.74, 6) is 5.37. The largest absolute Gasteiger partial charge is 0.395 e. The van der Waals surface area contributed by atoms with E-state index in [-0.39, 0.29) is 6.61 Å². The smallest absolute Gasteiger partial charge is 0.368 e. The molecule has 0 aliphatic heterocycles. The minimum absolute atomic E-state index is 0.121. The van der Waals surface area contributed by atoms with Gasteiger partial charge in [0.2, 0.25) is 0 Å². The molecule has 0 spiro atoms. The Morgan fingerprint density at radius 2 is 1.15 bits per heavy atom. The molecule has 0 aromatic heterocycles. The fourth-order valence-electron chi connectivity index (χ4n) is 3.43. The van der Waals surface area contributed by atoms with E-state index in [2.05, 4.69) is 31.8 Å². The lowest BCUT2D eigenvalue weighted by atomic mass is 10.1. The maximum Gasteiger partial charge on any atom is 0.368 e. The van der Waals surface area contributed by atoms with Gasteiger partial charge in [0.25, 0.3) is 0 Å². The van der Waals surface area contributed by atoms with Crippen molar-refractivity contribution in [3.05, 3.63) is 0 Å². The molecular formula is C27H49N4O2P. The van der Waals surface area contributed by atoms with Crippen molar-refractivity contribution in [3.63, 3.8) is 0 Å². The van der Waals surface area contributed by atoms with Crippen molar-refractivity contribution >= 4 is 20.0 Å². The van der Waals surface area contributed by atoms with Crippen LogP contribution in [0.3, 0.4) is 0 Å². The minimum atomic E-state index is -3.15. The summed E-state index contributed by atoms with van der Waals surface area (Å²) in [5, 5.41) is 15.0. The van der Waals surface area contributed by atoms with E-state index in [9.17, 15) is 4.57 Å². The zero-order valence-electron chi connectivity index (χ0n) is 21.4. The fourth-order valence-corrected chi connectivity index (χ4v) is 4.78. The van der Waals surface area contributed by atoms with Gasteiger partial charge in [-0.2, -0.15) is 0 Å². The van der Waals surface area contributed by atoms with Gasteiger partial charge in [-0.25, -0.2) is 14.6 Å². The number of aliphatic hydroxyl groups is 1. The van der Waals surface area contributed by atoms with Crippen LogP contribution >= 0.6 is 7.59 Å². The first-order valence-electron chi connectivity index (χ1n) is 13.3. The Bertz CT molecular complexity index is 594. The van der Waals surface area contributed by atoms with Gasteiger partial charge in [0.05, 0.1) is 6.61 Å². The Morgan fingerprint density at radius 3 is 1.62 bits per heavy atom. The van der Waals surface area contributed by atoms with Crippen LogP contribution in [0.2, 0.25) is 0 Å². The molecule has 0 heterocycles. The second-order valence-corrected chi connectivity index (χ2v) is 10.5. The Labute approximate surface area is 209 Å². The Balaban J connectivity index is 4.26. The third kappa shape index (κ3) is 23.7. The highest BCUT2D eigenvalue weighted by molar-refractivity contribution is 7.59. The highest BCUT2D eigenvalue weighted by atomic mass is 31.2. The Hall–Kier alpha value is -1.43. The summed E-state index contributed by atoms with van der Waals surface area (Å²) in [7, 11) is -3.15. The number of aliphatic hydroxyl groups excluding tert-OH is 1. The predicted molar refractivity (Wildman–Crippen MR) is 149 cm³/mol. The van der Waals surface area contributed by atoms with Crippen LogP contribution < -0.4 is 10.4 Å². The maximum atomic E-state index is 13.2. The number of nitrogens with zero attached hydrogens (tertiary/aromatic N) is 2. The summed E-state index contributed by atoms with van der Waals surface area (Å²) in [5.41, 5.74) is 0. The van der Waals surface area contributed by atoms with E-state index in [1.165, 1.54) is 38.5 Å². The van der Waals surface area contributed by atoms with Crippen LogP contribution in [0.5, 0.6) is 0 Å². The molecule has 0 aromatic carbocycles. The van der Waals surface area contributed by atoms with Gasteiger partial charge in [0.15, 0.2) is 0 Å². The first-order chi connectivity index (χ1) is 16.7. The number of unbranched alkanes of at least 4 members (excludes halogenated alkanes) is 14. The molecule has 6 nitrogen and oxygen atoms in total. The van der Waals surface area contributed by atoms with Crippen LogP contribution in [0.25, 0.3) is 0 Å². The standard InChI is InChI=1S/C27H49N4O2P/c1-3-5-7-9-11-13-15-17-19-23-29-34(33,31-25-21-22-28-26-27-32)30-24-20-18-16-14-12-10-8-6-4-2/h1-2,23-24,28,32H,5-22,25-27H2,(H,31,33). The molecule has 0 aliphatic rings. The van der Waals surface area contributed by atoms with E-state index in [0.29, 0.717) is 13.1 Å². The number of hydrogen-bond donors (Lipinski definition) is 3. The van der Waals surface area contributed by atoms with Crippen LogP contribution in [0.15, 0.2) is 9.53 Å². The third-order valence-electron chi connectivity index (χ3n) is 5.42. The zero-order valence-corrected chi connectivity index (χ0v) is 22.3. The van der Waals surface area contributed by atoms with E-state index < -0.39 is 7.59 Å². The topological polar surface area (TPSA) is 86.1 Å². The van der Waals surface area contributed by atoms with Crippen LogP contribution in [0.1, 0.15) is 109 Å². The molecule has 0 atom stereocenters. The summed E-state index contributed by atoms with van der Waals surface area (Å²) in [6.45, 7) is 2.02. The molecule has 0 saturated carbocycles. The maximum absolute atomic E-state index is 13.2. The molecule has 34 heavy (non-hydrogen) atoms. The van der Waals surface area contributed by atoms with Crippen molar-refractivity contribution in [1.29, 1.82) is 0 Å². The van der Waals surface area contributed by atoms with Crippen molar-refractivity contribution in [1.82, 2.24) is 10.4 Å². The molecule has 0 aliphatic carbocycles. The zero-order chi connectivity index (χ0) is 25.0. The van der Waals surface area contributed by atoms with E-state index in [0.717, 1.165) is 77.2 Å². The lowest BCUT2D eigenvalue weighted by Crippen LogP contribution is -2.22. The minimum Gasteiger partial charge on any atom is -0.395 e. The second kappa shape index (κ2) is 26.2. The molecule has 0 rings (SSSR count).